The number of hydrogen-bond donors (Lipinski definition) is 0. The minimum Gasteiger partial charge on any atom is -1.00 e. The summed E-state index contributed by atoms with van der Waals surface area (Å²) in [4.78, 5) is 0. The number of halogens is 4. The van der Waals surface area contributed by atoms with E-state index in [0.717, 1.165) is 0 Å². The Kier molecular flexibility index (Phi) is 5.71. The largest absolute Gasteiger partial charge is 1.00 e. The van der Waals surface area contributed by atoms with Crippen LogP contribution in [-0.2, 0) is 0 Å². The lowest BCUT2D eigenvalue weighted by Gasteiger charge is -1.91. The van der Waals surface area contributed by atoms with Gasteiger partial charge >= 0.3 is 21.2 Å². The molecule has 0 aliphatic carbocycles. The van der Waals surface area contributed by atoms with Crippen molar-refractivity contribution in [3.8, 4) is 0 Å². The summed E-state index contributed by atoms with van der Waals surface area (Å²) < 4.78 is 2.75. The third kappa shape index (κ3) is 3.79. The van der Waals surface area contributed by atoms with E-state index in [1.807, 2.05) is 12.1 Å². The Morgan fingerprint density at radius 1 is 1.07 bits per heavy atom. The molecule has 1 heterocycles. The third-order valence-electron chi connectivity index (χ3n) is 1.57. The van der Waals surface area contributed by atoms with E-state index in [9.17, 15) is 0 Å². The number of hydrogen-bond acceptors (Lipinski definition) is 1. The average molecular weight is 391 g/mol. The lowest BCUT2D eigenvalue weighted by molar-refractivity contribution is -0.591. The van der Waals surface area contributed by atoms with Gasteiger partial charge in [-0.3, -0.25) is 0 Å². The van der Waals surface area contributed by atoms with Crippen LogP contribution in [0.5, 0.6) is 0 Å². The van der Waals surface area contributed by atoms with E-state index in [4.69, 9.17) is 23.2 Å². The molecular formula is C10H6Cl3IS. The summed E-state index contributed by atoms with van der Waals surface area (Å²) in [6, 6.07) is 10.1. The molecule has 0 atom stereocenters. The molecule has 5 heteroatoms. The molecule has 0 bridgehead atoms. The van der Waals surface area contributed by atoms with Gasteiger partial charge < -0.3 is 12.4 Å². The van der Waals surface area contributed by atoms with Crippen LogP contribution in [0.25, 0.3) is 0 Å². The molecule has 0 spiro atoms. The molecule has 15 heavy (non-hydrogen) atoms. The first-order valence-electron chi connectivity index (χ1n) is 3.89. The van der Waals surface area contributed by atoms with Gasteiger partial charge in [0, 0.05) is 12.1 Å². The van der Waals surface area contributed by atoms with Crippen molar-refractivity contribution in [2.24, 2.45) is 0 Å². The quantitative estimate of drug-likeness (QED) is 0.418. The molecule has 0 fully saturated rings. The number of thiophene rings is 1. The fraction of sp³-hybridized carbons (Fsp3) is 0. The highest BCUT2D eigenvalue weighted by atomic mass is 127. The zero-order valence-corrected chi connectivity index (χ0v) is 12.6. The van der Waals surface area contributed by atoms with E-state index >= 15 is 0 Å². The molecule has 1 aromatic carbocycles. The van der Waals surface area contributed by atoms with Crippen LogP contribution >= 0.6 is 34.5 Å². The maximum Gasteiger partial charge on any atom is 0.369 e. The van der Waals surface area contributed by atoms with Crippen LogP contribution in [0.4, 0.5) is 0 Å². The van der Waals surface area contributed by atoms with E-state index in [1.54, 1.807) is 11.3 Å². The zero-order chi connectivity index (χ0) is 9.97. The standard InChI is InChI=1S/C10H6Cl2IS.ClH/c11-8-4-3-7(6-9(8)12)13-10-2-1-5-14-10;/h1-6H;1H/q+1;/p-1. The van der Waals surface area contributed by atoms with Crippen LogP contribution < -0.4 is 33.6 Å². The van der Waals surface area contributed by atoms with Gasteiger partial charge in [0.15, 0.2) is 3.57 Å². The molecule has 0 aliphatic heterocycles. The fourth-order valence-corrected chi connectivity index (χ4v) is 5.17. The fourth-order valence-electron chi connectivity index (χ4n) is 0.949. The first-order chi connectivity index (χ1) is 6.75. The lowest BCUT2D eigenvalue weighted by atomic mass is 10.4. The molecule has 0 saturated heterocycles. The van der Waals surface area contributed by atoms with Gasteiger partial charge in [0.1, 0.15) is 0 Å². The van der Waals surface area contributed by atoms with Gasteiger partial charge in [-0.1, -0.05) is 34.5 Å². The van der Waals surface area contributed by atoms with E-state index in [2.05, 4.69) is 23.6 Å². The molecule has 0 N–H and O–H groups in total. The lowest BCUT2D eigenvalue weighted by Crippen LogP contribution is -3.61. The van der Waals surface area contributed by atoms with Crippen molar-refractivity contribution in [3.63, 3.8) is 0 Å². The maximum absolute atomic E-state index is 5.94. The molecule has 0 unspecified atom stereocenters. The van der Waals surface area contributed by atoms with Crippen LogP contribution in [0.3, 0.4) is 0 Å². The molecule has 1 aromatic heterocycles. The monoisotopic (exact) mass is 390 g/mol. The van der Waals surface area contributed by atoms with Crippen molar-refractivity contribution in [1.29, 1.82) is 0 Å². The van der Waals surface area contributed by atoms with E-state index < -0.39 is 0 Å². The number of benzene rings is 1. The second kappa shape index (κ2) is 6.30. The Balaban J connectivity index is 0.00000112. The third-order valence-corrected chi connectivity index (χ3v) is 6.43. The smallest absolute Gasteiger partial charge is 0.369 e. The molecule has 0 saturated carbocycles. The van der Waals surface area contributed by atoms with Crippen LogP contribution in [0.2, 0.25) is 10.0 Å². The Hall–Kier alpha value is 0.520. The van der Waals surface area contributed by atoms with Crippen LogP contribution in [0, 0.1) is 6.45 Å². The first kappa shape index (κ1) is 13.6. The van der Waals surface area contributed by atoms with E-state index in [0.29, 0.717) is 10.0 Å². The van der Waals surface area contributed by atoms with Gasteiger partial charge in [-0.15, -0.1) is 0 Å². The first-order valence-corrected chi connectivity index (χ1v) is 7.68. The Morgan fingerprint density at radius 2 is 1.87 bits per heavy atom. The Morgan fingerprint density at radius 3 is 2.47 bits per heavy atom. The highest BCUT2D eigenvalue weighted by Crippen LogP contribution is 2.19. The predicted molar refractivity (Wildman–Crippen MR) is 58.2 cm³/mol. The SMILES string of the molecule is Clc1ccc([I+]c2cccs2)cc1Cl.[Cl-]. The van der Waals surface area contributed by atoms with Crippen molar-refractivity contribution < 1.29 is 33.6 Å². The minimum absolute atomic E-state index is 0. The van der Waals surface area contributed by atoms with E-state index in [-0.39, 0.29) is 33.6 Å². The van der Waals surface area contributed by atoms with Crippen molar-refractivity contribution in [2.75, 3.05) is 0 Å². The van der Waals surface area contributed by atoms with Crippen LogP contribution in [0.1, 0.15) is 0 Å². The molecule has 0 amide bonds. The van der Waals surface area contributed by atoms with Gasteiger partial charge in [0.2, 0.25) is 2.88 Å². The van der Waals surface area contributed by atoms with Gasteiger partial charge in [0.05, 0.1) is 10.0 Å². The Labute approximate surface area is 119 Å². The normalized spacial score (nSPS) is 9.73. The number of rotatable bonds is 2. The van der Waals surface area contributed by atoms with Gasteiger partial charge in [-0.25, -0.2) is 0 Å². The topological polar surface area (TPSA) is 0 Å². The summed E-state index contributed by atoms with van der Waals surface area (Å²) in [5, 5.41) is 3.39. The molecule has 0 aliphatic rings. The molecule has 0 nitrogen and oxygen atoms in total. The highest BCUT2D eigenvalue weighted by Gasteiger charge is 2.17. The van der Waals surface area contributed by atoms with Crippen molar-refractivity contribution in [3.05, 3.63) is 52.2 Å². The second-order valence-corrected chi connectivity index (χ2v) is 8.01. The highest BCUT2D eigenvalue weighted by molar-refractivity contribution is 7.07. The van der Waals surface area contributed by atoms with Gasteiger partial charge in [-0.05, 0) is 23.6 Å². The zero-order valence-electron chi connectivity index (χ0n) is 7.38. The van der Waals surface area contributed by atoms with Crippen molar-refractivity contribution >= 4 is 34.5 Å². The van der Waals surface area contributed by atoms with Crippen LogP contribution in [-0.4, -0.2) is 0 Å². The van der Waals surface area contributed by atoms with Crippen molar-refractivity contribution in [2.45, 2.75) is 0 Å². The van der Waals surface area contributed by atoms with Crippen molar-refractivity contribution in [1.82, 2.24) is 0 Å². The molecular weight excluding hydrogens is 385 g/mol. The summed E-state index contributed by atoms with van der Waals surface area (Å²) in [6.07, 6.45) is 0. The molecule has 2 rings (SSSR count). The molecule has 2 aromatic rings. The minimum atomic E-state index is -0.0878. The molecule has 0 radical (unpaired) electrons. The van der Waals surface area contributed by atoms with Gasteiger partial charge in [0.25, 0.3) is 0 Å². The predicted octanol–water partition coefficient (Wildman–Crippen LogP) is -1.81. The summed E-state index contributed by atoms with van der Waals surface area (Å²) in [7, 11) is 0. The van der Waals surface area contributed by atoms with Gasteiger partial charge in [-0.2, -0.15) is 0 Å². The summed E-state index contributed by atoms with van der Waals surface area (Å²) in [6.45, 7) is 0. The average Bonchev–Trinajstić information content (AvgIpc) is 2.64. The molecule has 80 valence electrons. The maximum atomic E-state index is 5.94. The second-order valence-electron chi connectivity index (χ2n) is 2.57. The summed E-state index contributed by atoms with van der Waals surface area (Å²) in [5.74, 6) is 0. The summed E-state index contributed by atoms with van der Waals surface area (Å²) >= 11 is 13.5. The summed E-state index contributed by atoms with van der Waals surface area (Å²) in [5.41, 5.74) is 0. The Bertz CT molecular complexity index is 428. The van der Waals surface area contributed by atoms with E-state index in [1.165, 1.54) is 6.45 Å². The van der Waals surface area contributed by atoms with Crippen LogP contribution in [0.15, 0.2) is 35.7 Å².